The quantitative estimate of drug-likeness (QED) is 0.436. The number of nitrogens with one attached hydrogen (secondary N) is 2. The summed E-state index contributed by atoms with van der Waals surface area (Å²) in [5.74, 6) is -0.00352. The lowest BCUT2D eigenvalue weighted by Gasteiger charge is -2.34. The summed E-state index contributed by atoms with van der Waals surface area (Å²) in [5.41, 5.74) is 3.75. The number of para-hydroxylation sites is 1. The molecule has 2 heterocycles. The number of piperazine rings is 1. The van der Waals surface area contributed by atoms with Crippen LogP contribution in [0.4, 0.5) is 17.1 Å². The zero-order valence-corrected chi connectivity index (χ0v) is 21.1. The molecule has 7 nitrogen and oxygen atoms in total. The molecule has 1 aromatic heterocycles. The van der Waals surface area contributed by atoms with E-state index in [9.17, 15) is 9.59 Å². The second kappa shape index (κ2) is 13.6. The number of aryl methyl sites for hydroxylation is 1. The van der Waals surface area contributed by atoms with Crippen molar-refractivity contribution in [1.82, 2.24) is 9.88 Å². The third-order valence-electron chi connectivity index (χ3n) is 5.56. The summed E-state index contributed by atoms with van der Waals surface area (Å²) in [4.78, 5) is 30.9. The Kier molecular flexibility index (Phi) is 10.2. The van der Waals surface area contributed by atoms with E-state index in [0.29, 0.717) is 22.9 Å². The van der Waals surface area contributed by atoms with Gasteiger partial charge in [0.1, 0.15) is 0 Å². The molecule has 2 amide bonds. The Labute approximate surface area is 216 Å². The van der Waals surface area contributed by atoms with Crippen LogP contribution in [0.3, 0.4) is 0 Å². The molecule has 1 aliphatic heterocycles. The highest BCUT2D eigenvalue weighted by Gasteiger charge is 2.15. The summed E-state index contributed by atoms with van der Waals surface area (Å²) >= 11 is 11.6. The van der Waals surface area contributed by atoms with E-state index in [1.807, 2.05) is 42.5 Å². The molecular weight excluding hydrogens is 485 g/mol. The topological polar surface area (TPSA) is 77.6 Å². The molecule has 0 aliphatic carbocycles. The van der Waals surface area contributed by atoms with Gasteiger partial charge >= 0.3 is 0 Å². The zero-order valence-electron chi connectivity index (χ0n) is 19.6. The molecule has 1 saturated heterocycles. The van der Waals surface area contributed by atoms with Gasteiger partial charge in [0.2, 0.25) is 12.3 Å². The highest BCUT2D eigenvalue weighted by molar-refractivity contribution is 6.39. The first-order valence-electron chi connectivity index (χ1n) is 11.3. The Morgan fingerprint density at radius 1 is 1.00 bits per heavy atom. The molecule has 35 heavy (non-hydrogen) atoms. The second-order valence-electron chi connectivity index (χ2n) is 7.93. The van der Waals surface area contributed by atoms with Crippen LogP contribution in [0.15, 0.2) is 67.0 Å². The smallest absolute Gasteiger partial charge is 0.224 e. The van der Waals surface area contributed by atoms with Gasteiger partial charge in [-0.15, -0.1) is 0 Å². The van der Waals surface area contributed by atoms with Gasteiger partial charge in [-0.2, -0.15) is 0 Å². The molecule has 0 radical (unpaired) electrons. The lowest BCUT2D eigenvalue weighted by atomic mass is 10.1. The molecule has 1 aliphatic rings. The number of aromatic nitrogens is 1. The summed E-state index contributed by atoms with van der Waals surface area (Å²) in [6.07, 6.45) is 5.53. The Hall–Kier alpha value is -3.29. The van der Waals surface area contributed by atoms with E-state index in [-0.39, 0.29) is 5.91 Å². The van der Waals surface area contributed by atoms with Gasteiger partial charge in [0.15, 0.2) is 0 Å². The summed E-state index contributed by atoms with van der Waals surface area (Å²) in [7, 11) is 1.78. The number of hydrogen-bond donors (Lipinski definition) is 2. The van der Waals surface area contributed by atoms with Gasteiger partial charge in [-0.3, -0.25) is 14.6 Å². The van der Waals surface area contributed by atoms with E-state index in [1.54, 1.807) is 36.5 Å². The molecule has 1 fully saturated rings. The zero-order chi connectivity index (χ0) is 25.0. The number of benzene rings is 2. The third-order valence-corrected chi connectivity index (χ3v) is 6.19. The van der Waals surface area contributed by atoms with Crippen LogP contribution in [0.5, 0.6) is 0 Å². The highest BCUT2D eigenvalue weighted by Crippen LogP contribution is 2.28. The number of carbonyl (C=O) groups excluding carboxylic acids is 2. The Morgan fingerprint density at radius 2 is 1.69 bits per heavy atom. The number of anilines is 3. The maximum atomic E-state index is 12.1. The lowest BCUT2D eigenvalue weighted by molar-refractivity contribution is -0.118. The first kappa shape index (κ1) is 26.3. The minimum absolute atomic E-state index is 0.00352. The van der Waals surface area contributed by atoms with E-state index in [2.05, 4.69) is 20.5 Å². The van der Waals surface area contributed by atoms with Crippen molar-refractivity contribution >= 4 is 52.6 Å². The normalized spacial score (nSPS) is 12.9. The van der Waals surface area contributed by atoms with Gasteiger partial charge in [-0.1, -0.05) is 35.3 Å². The van der Waals surface area contributed by atoms with Crippen molar-refractivity contribution in [2.75, 3.05) is 48.8 Å². The van der Waals surface area contributed by atoms with E-state index < -0.39 is 0 Å². The van der Waals surface area contributed by atoms with Crippen LogP contribution in [0.25, 0.3) is 0 Å². The van der Waals surface area contributed by atoms with E-state index in [1.165, 1.54) is 0 Å². The van der Waals surface area contributed by atoms with Gasteiger partial charge in [0.25, 0.3) is 0 Å². The van der Waals surface area contributed by atoms with Crippen LogP contribution >= 0.6 is 23.2 Å². The third kappa shape index (κ3) is 8.16. The molecule has 2 aromatic carbocycles. The van der Waals surface area contributed by atoms with Crippen molar-refractivity contribution in [2.24, 2.45) is 0 Å². The number of amides is 2. The molecule has 9 heteroatoms. The Bertz CT molecular complexity index is 1070. The number of halogens is 2. The molecule has 3 aromatic rings. The fourth-order valence-corrected chi connectivity index (χ4v) is 4.19. The standard InChI is InChI=1S/C19H22N4O2.C7H7Cl2N/c24-15-22-10-12-23(13-11-22)18-6-4-17(5-7-18)21-19(25)8-3-16-2-1-9-20-14-16;1-10-7-5(8)3-2-4-6(7)9/h1-2,4-7,9,14-15H,3,8,10-13H2,(H,21,25);2-4,10H,1H3. The van der Waals surface area contributed by atoms with Crippen LogP contribution in [0.1, 0.15) is 12.0 Å². The van der Waals surface area contributed by atoms with Crippen molar-refractivity contribution in [3.05, 3.63) is 82.6 Å². The first-order valence-corrected chi connectivity index (χ1v) is 12.1. The molecule has 184 valence electrons. The number of nitrogens with zero attached hydrogens (tertiary/aromatic N) is 3. The molecule has 2 N–H and O–H groups in total. The van der Waals surface area contributed by atoms with Crippen LogP contribution < -0.4 is 15.5 Å². The maximum absolute atomic E-state index is 12.1. The fourth-order valence-electron chi connectivity index (χ4n) is 3.61. The van der Waals surface area contributed by atoms with Crippen LogP contribution in [0.2, 0.25) is 10.0 Å². The minimum atomic E-state index is -0.00352. The predicted molar refractivity (Wildman–Crippen MR) is 143 cm³/mol. The first-order chi connectivity index (χ1) is 17.0. The SMILES string of the molecule is CNc1c(Cl)cccc1Cl.O=CN1CCN(c2ccc(NC(=O)CCc3cccnc3)cc2)CC1. The van der Waals surface area contributed by atoms with Crippen LogP contribution in [-0.2, 0) is 16.0 Å². The van der Waals surface area contributed by atoms with Gasteiger partial charge in [-0.05, 0) is 54.4 Å². The number of carbonyl (C=O) groups is 2. The Balaban J connectivity index is 0.000000287. The van der Waals surface area contributed by atoms with Gasteiger partial charge in [-0.25, -0.2) is 0 Å². The Morgan fingerprint density at radius 3 is 2.23 bits per heavy atom. The van der Waals surface area contributed by atoms with E-state index >= 15 is 0 Å². The molecule has 0 atom stereocenters. The summed E-state index contributed by atoms with van der Waals surface area (Å²) < 4.78 is 0. The van der Waals surface area contributed by atoms with Crippen molar-refractivity contribution in [1.29, 1.82) is 0 Å². The average Bonchev–Trinajstić information content (AvgIpc) is 2.89. The predicted octanol–water partition coefficient (Wildman–Crippen LogP) is 4.97. The average molecular weight is 514 g/mol. The van der Waals surface area contributed by atoms with Crippen molar-refractivity contribution in [3.63, 3.8) is 0 Å². The van der Waals surface area contributed by atoms with Crippen LogP contribution in [0, 0.1) is 0 Å². The fraction of sp³-hybridized carbons (Fsp3) is 0.269. The molecule has 0 bridgehead atoms. The highest BCUT2D eigenvalue weighted by atomic mass is 35.5. The summed E-state index contributed by atoms with van der Waals surface area (Å²) in [6.45, 7) is 3.15. The molecule has 0 unspecified atom stereocenters. The number of hydrogen-bond acceptors (Lipinski definition) is 5. The maximum Gasteiger partial charge on any atom is 0.224 e. The molecular formula is C26H29Cl2N5O2. The largest absolute Gasteiger partial charge is 0.386 e. The number of rotatable bonds is 7. The summed E-state index contributed by atoms with van der Waals surface area (Å²) in [5, 5.41) is 7.12. The molecule has 0 saturated carbocycles. The van der Waals surface area contributed by atoms with Crippen LogP contribution in [-0.4, -0.2) is 55.4 Å². The molecule has 4 rings (SSSR count). The van der Waals surface area contributed by atoms with Crippen molar-refractivity contribution in [3.8, 4) is 0 Å². The lowest BCUT2D eigenvalue weighted by Crippen LogP contribution is -2.45. The minimum Gasteiger partial charge on any atom is -0.386 e. The monoisotopic (exact) mass is 513 g/mol. The number of pyridine rings is 1. The van der Waals surface area contributed by atoms with Gasteiger partial charge in [0.05, 0.1) is 15.7 Å². The van der Waals surface area contributed by atoms with E-state index in [4.69, 9.17) is 23.2 Å². The van der Waals surface area contributed by atoms with Gasteiger partial charge < -0.3 is 20.4 Å². The van der Waals surface area contributed by atoms with E-state index in [0.717, 1.165) is 55.2 Å². The molecule has 0 spiro atoms. The van der Waals surface area contributed by atoms with Crippen molar-refractivity contribution < 1.29 is 9.59 Å². The van der Waals surface area contributed by atoms with Gasteiger partial charge in [0, 0.05) is 63.4 Å². The van der Waals surface area contributed by atoms with Crippen molar-refractivity contribution in [2.45, 2.75) is 12.8 Å². The second-order valence-corrected chi connectivity index (χ2v) is 8.75. The summed E-state index contributed by atoms with van der Waals surface area (Å²) in [6, 6.07) is 17.1.